The Hall–Kier alpha value is -1.14. The van der Waals surface area contributed by atoms with Crippen LogP contribution in [0.1, 0.15) is 24.2 Å². The molecule has 1 amide bonds. The van der Waals surface area contributed by atoms with E-state index in [1.54, 1.807) is 24.2 Å². The van der Waals surface area contributed by atoms with Gasteiger partial charge in [-0.25, -0.2) is 0 Å². The molecule has 1 aromatic heterocycles. The van der Waals surface area contributed by atoms with E-state index >= 15 is 0 Å². The predicted octanol–water partition coefficient (Wildman–Crippen LogP) is 0.886. The smallest absolute Gasteiger partial charge is 0.230 e. The predicted molar refractivity (Wildman–Crippen MR) is 77.0 cm³/mol. The zero-order chi connectivity index (χ0) is 13.5. The maximum Gasteiger partial charge on any atom is 0.230 e. The van der Waals surface area contributed by atoms with E-state index in [-0.39, 0.29) is 5.91 Å². The van der Waals surface area contributed by atoms with Crippen LogP contribution < -0.4 is 10.6 Å². The minimum Gasteiger partial charge on any atom is -0.350 e. The van der Waals surface area contributed by atoms with Crippen molar-refractivity contribution in [2.24, 2.45) is 0 Å². The van der Waals surface area contributed by atoms with Crippen molar-refractivity contribution in [2.45, 2.75) is 31.6 Å². The fourth-order valence-corrected chi connectivity index (χ4v) is 2.96. The summed E-state index contributed by atoms with van der Waals surface area (Å²) in [6.07, 6.45) is 5.73. The highest BCUT2D eigenvalue weighted by molar-refractivity contribution is 8.00. The van der Waals surface area contributed by atoms with Crippen LogP contribution >= 0.6 is 11.8 Å². The molecule has 1 aliphatic rings. The average Bonchev–Trinajstić information content (AvgIpc) is 2.45. The van der Waals surface area contributed by atoms with Gasteiger partial charge in [0.2, 0.25) is 5.91 Å². The second-order valence-corrected chi connectivity index (χ2v) is 5.97. The summed E-state index contributed by atoms with van der Waals surface area (Å²) in [7, 11) is 0. The minimum atomic E-state index is 0.0749. The largest absolute Gasteiger partial charge is 0.350 e. The summed E-state index contributed by atoms with van der Waals surface area (Å²) in [5, 5.41) is 6.82. The molecule has 0 bridgehead atoms. The third-order valence-electron chi connectivity index (χ3n) is 3.04. The highest BCUT2D eigenvalue weighted by Crippen LogP contribution is 2.19. The fraction of sp³-hybridized carbons (Fsp3) is 0.615. The van der Waals surface area contributed by atoms with Gasteiger partial charge in [-0.1, -0.05) is 0 Å². The van der Waals surface area contributed by atoms with Gasteiger partial charge in [0.1, 0.15) is 0 Å². The van der Waals surface area contributed by atoms with Crippen molar-refractivity contribution in [3.63, 3.8) is 0 Å². The number of rotatable bonds is 5. The molecule has 1 aromatic rings. The maximum atomic E-state index is 11.7. The number of aryl methyl sites for hydroxylation is 1. The van der Waals surface area contributed by atoms with Gasteiger partial charge in [-0.05, 0) is 32.9 Å². The van der Waals surface area contributed by atoms with Crippen LogP contribution in [0, 0.1) is 6.92 Å². The first-order chi connectivity index (χ1) is 9.24. The molecule has 0 unspecified atom stereocenters. The van der Waals surface area contributed by atoms with E-state index in [2.05, 4.69) is 20.6 Å². The molecule has 19 heavy (non-hydrogen) atoms. The molecule has 0 radical (unpaired) electrons. The molecule has 1 fully saturated rings. The van der Waals surface area contributed by atoms with Crippen molar-refractivity contribution < 1.29 is 4.79 Å². The third-order valence-corrected chi connectivity index (χ3v) is 4.41. The summed E-state index contributed by atoms with van der Waals surface area (Å²) in [5.74, 6) is 0.607. The standard InChI is InChI=1S/C13H20N4OS/c1-10-6-16-11(7-15-10)8-17-13(18)9-19-12-2-4-14-5-3-12/h6-7,12,14H,2-5,8-9H2,1H3,(H,17,18). The monoisotopic (exact) mass is 280 g/mol. The van der Waals surface area contributed by atoms with Gasteiger partial charge < -0.3 is 10.6 Å². The molecule has 0 aliphatic carbocycles. The molecular weight excluding hydrogens is 260 g/mol. The molecule has 0 aromatic carbocycles. The number of nitrogens with one attached hydrogen (secondary N) is 2. The number of thioether (sulfide) groups is 1. The molecule has 6 heteroatoms. The third kappa shape index (κ3) is 5.16. The summed E-state index contributed by atoms with van der Waals surface area (Å²) in [5.41, 5.74) is 1.68. The van der Waals surface area contributed by atoms with Crippen molar-refractivity contribution in [3.05, 3.63) is 23.8 Å². The van der Waals surface area contributed by atoms with Gasteiger partial charge in [0.15, 0.2) is 0 Å². The van der Waals surface area contributed by atoms with Crippen molar-refractivity contribution >= 4 is 17.7 Å². The van der Waals surface area contributed by atoms with Crippen molar-refractivity contribution in [1.82, 2.24) is 20.6 Å². The Balaban J connectivity index is 1.65. The van der Waals surface area contributed by atoms with Crippen molar-refractivity contribution in [1.29, 1.82) is 0 Å². The number of carbonyl (C=O) groups is 1. The van der Waals surface area contributed by atoms with E-state index in [1.165, 1.54) is 0 Å². The number of hydrogen-bond donors (Lipinski definition) is 2. The van der Waals surface area contributed by atoms with Crippen molar-refractivity contribution in [2.75, 3.05) is 18.8 Å². The second kappa shape index (κ2) is 7.45. The lowest BCUT2D eigenvalue weighted by molar-refractivity contribution is -0.118. The molecule has 2 rings (SSSR count). The molecular formula is C13H20N4OS. The number of piperidine rings is 1. The van der Waals surface area contributed by atoms with Crippen molar-refractivity contribution in [3.8, 4) is 0 Å². The number of carbonyl (C=O) groups excluding carboxylic acids is 1. The molecule has 2 N–H and O–H groups in total. The summed E-state index contributed by atoms with van der Waals surface area (Å²) in [4.78, 5) is 20.1. The van der Waals surface area contributed by atoms with Gasteiger partial charge in [0.25, 0.3) is 0 Å². The van der Waals surface area contributed by atoms with Crippen LogP contribution in [0.2, 0.25) is 0 Å². The van der Waals surface area contributed by atoms with Gasteiger partial charge in [-0.15, -0.1) is 11.8 Å². The van der Waals surface area contributed by atoms with Crippen LogP contribution in [0.5, 0.6) is 0 Å². The normalized spacial score (nSPS) is 16.3. The van der Waals surface area contributed by atoms with Gasteiger partial charge in [-0.2, -0.15) is 0 Å². The van der Waals surface area contributed by atoms with Crippen LogP contribution in [-0.4, -0.2) is 40.0 Å². The zero-order valence-electron chi connectivity index (χ0n) is 11.2. The summed E-state index contributed by atoms with van der Waals surface area (Å²) >= 11 is 1.75. The minimum absolute atomic E-state index is 0.0749. The lowest BCUT2D eigenvalue weighted by Crippen LogP contribution is -2.31. The van der Waals surface area contributed by atoms with E-state index in [4.69, 9.17) is 0 Å². The van der Waals surface area contributed by atoms with Gasteiger partial charge in [0.05, 0.1) is 29.9 Å². The molecule has 104 valence electrons. The first-order valence-corrected chi connectivity index (χ1v) is 7.65. The highest BCUT2D eigenvalue weighted by Gasteiger charge is 2.14. The Morgan fingerprint density at radius 2 is 2.21 bits per heavy atom. The molecule has 1 aliphatic heterocycles. The molecule has 2 heterocycles. The van der Waals surface area contributed by atoms with Crippen LogP contribution in [0.25, 0.3) is 0 Å². The van der Waals surface area contributed by atoms with Gasteiger partial charge in [-0.3, -0.25) is 14.8 Å². The molecule has 5 nitrogen and oxygen atoms in total. The Morgan fingerprint density at radius 1 is 1.42 bits per heavy atom. The van der Waals surface area contributed by atoms with Crippen LogP contribution in [0.15, 0.2) is 12.4 Å². The van der Waals surface area contributed by atoms with Gasteiger partial charge in [0, 0.05) is 11.4 Å². The zero-order valence-corrected chi connectivity index (χ0v) is 12.0. The SMILES string of the molecule is Cc1cnc(CNC(=O)CSC2CCNCC2)cn1. The van der Waals surface area contributed by atoms with E-state index in [9.17, 15) is 4.79 Å². The van der Waals surface area contributed by atoms with E-state index in [0.717, 1.165) is 37.3 Å². The summed E-state index contributed by atoms with van der Waals surface area (Å²) in [6.45, 7) is 4.49. The summed E-state index contributed by atoms with van der Waals surface area (Å²) < 4.78 is 0. The number of amides is 1. The topological polar surface area (TPSA) is 66.9 Å². The Bertz CT molecular complexity index is 404. The first kappa shape index (κ1) is 14.3. The van der Waals surface area contributed by atoms with E-state index < -0.39 is 0 Å². The lowest BCUT2D eigenvalue weighted by Gasteiger charge is -2.21. The molecule has 0 atom stereocenters. The maximum absolute atomic E-state index is 11.7. The van der Waals surface area contributed by atoms with Crippen LogP contribution in [0.3, 0.4) is 0 Å². The van der Waals surface area contributed by atoms with Crippen LogP contribution in [-0.2, 0) is 11.3 Å². The molecule has 0 saturated carbocycles. The number of nitrogens with zero attached hydrogens (tertiary/aromatic N) is 2. The Morgan fingerprint density at radius 3 is 2.89 bits per heavy atom. The first-order valence-electron chi connectivity index (χ1n) is 6.60. The average molecular weight is 280 g/mol. The molecule has 1 saturated heterocycles. The number of aromatic nitrogens is 2. The number of hydrogen-bond acceptors (Lipinski definition) is 5. The van der Waals surface area contributed by atoms with E-state index in [0.29, 0.717) is 17.5 Å². The van der Waals surface area contributed by atoms with Crippen LogP contribution in [0.4, 0.5) is 0 Å². The summed E-state index contributed by atoms with van der Waals surface area (Å²) in [6, 6.07) is 0. The van der Waals surface area contributed by atoms with E-state index in [1.807, 2.05) is 6.92 Å². The molecule has 0 spiro atoms. The quantitative estimate of drug-likeness (QED) is 0.838. The second-order valence-electron chi connectivity index (χ2n) is 4.69. The Kier molecular flexibility index (Phi) is 5.60. The highest BCUT2D eigenvalue weighted by atomic mass is 32.2. The van der Waals surface area contributed by atoms with Gasteiger partial charge >= 0.3 is 0 Å². The lowest BCUT2D eigenvalue weighted by atomic mass is 10.2. The Labute approximate surface area is 118 Å². The fourth-order valence-electron chi connectivity index (χ4n) is 1.91.